The second-order valence-corrected chi connectivity index (χ2v) is 2.94. The van der Waals surface area contributed by atoms with Crippen molar-refractivity contribution in [3.05, 3.63) is 0 Å². The smallest absolute Gasteiger partial charge is 0.290 e. The van der Waals surface area contributed by atoms with Crippen molar-refractivity contribution in [2.24, 2.45) is 5.92 Å². The van der Waals surface area contributed by atoms with Crippen molar-refractivity contribution < 1.29 is 14.4 Å². The fraction of sp³-hybridized carbons (Fsp3) is 0.571. The molecule has 0 radical (unpaired) electrons. The summed E-state index contributed by atoms with van der Waals surface area (Å²) in [7, 11) is 0. The average Bonchev–Trinajstić information content (AvgIpc) is 2.30. The molecule has 0 aliphatic carbocycles. The molecule has 0 spiro atoms. The van der Waals surface area contributed by atoms with E-state index in [9.17, 15) is 14.4 Å². The number of likely N-dealkylation sites (N-methyl/N-ethyl adjacent to an activating group) is 1. The monoisotopic (exact) mass is 189 g/mol. The largest absolute Gasteiger partial charge is 0.335 e. The number of Topliss-reactive ketones (excluding diaryl/α,β-unsaturated/α-hetero) is 1. The topological polar surface area (TPSA) is 54.5 Å². The summed E-state index contributed by atoms with van der Waals surface area (Å²) in [5, 5.41) is -0.746. The van der Waals surface area contributed by atoms with Crippen molar-refractivity contribution in [2.45, 2.75) is 6.92 Å². The summed E-state index contributed by atoms with van der Waals surface area (Å²) in [5.74, 6) is -2.23. The molecule has 5 heteroatoms. The lowest BCUT2D eigenvalue weighted by Gasteiger charge is -2.09. The molecule has 1 rings (SSSR count). The maximum absolute atomic E-state index is 11.0. The Labute approximate surface area is 74.5 Å². The first-order valence-electron chi connectivity index (χ1n) is 3.60. The number of halogens is 1. The van der Waals surface area contributed by atoms with Crippen LogP contribution in [0.2, 0.25) is 0 Å². The maximum atomic E-state index is 11.0. The summed E-state index contributed by atoms with van der Waals surface area (Å²) in [6.45, 7) is 2.31. The van der Waals surface area contributed by atoms with Crippen LogP contribution in [0.3, 0.4) is 0 Å². The van der Waals surface area contributed by atoms with Crippen LogP contribution in [-0.2, 0) is 14.4 Å². The van der Waals surface area contributed by atoms with Crippen molar-refractivity contribution >= 4 is 28.5 Å². The number of hydrogen-bond acceptors (Lipinski definition) is 3. The zero-order valence-corrected chi connectivity index (χ0v) is 7.30. The summed E-state index contributed by atoms with van der Waals surface area (Å²) >= 11 is 5.13. The predicted octanol–water partition coefficient (Wildman–Crippen LogP) is -0.201. The molecule has 1 saturated heterocycles. The molecular formula is C7H8ClNO3. The van der Waals surface area contributed by atoms with E-state index in [0.717, 1.165) is 0 Å². The molecular weight excluding hydrogens is 182 g/mol. The summed E-state index contributed by atoms with van der Waals surface area (Å²) in [4.78, 5) is 34.0. The molecule has 0 aromatic heterocycles. The van der Waals surface area contributed by atoms with E-state index in [1.54, 1.807) is 6.92 Å². The molecule has 0 saturated carbocycles. The Bertz CT molecular complexity index is 251. The zero-order chi connectivity index (χ0) is 9.30. The zero-order valence-electron chi connectivity index (χ0n) is 6.54. The van der Waals surface area contributed by atoms with E-state index < -0.39 is 22.9 Å². The molecule has 0 N–H and O–H groups in total. The Morgan fingerprint density at radius 3 is 2.50 bits per heavy atom. The van der Waals surface area contributed by atoms with Gasteiger partial charge in [-0.3, -0.25) is 14.4 Å². The Balaban J connectivity index is 2.81. The third kappa shape index (κ3) is 1.34. The number of rotatable bonds is 2. The maximum Gasteiger partial charge on any atom is 0.290 e. The molecule has 4 nitrogen and oxygen atoms in total. The third-order valence-corrected chi connectivity index (χ3v) is 2.14. The molecule has 0 aromatic rings. The molecule has 1 fully saturated rings. The molecule has 1 unspecified atom stereocenters. The number of carbonyl (C=O) groups is 3. The van der Waals surface area contributed by atoms with Crippen LogP contribution >= 0.6 is 11.6 Å². The number of nitrogens with zero attached hydrogens (tertiary/aromatic N) is 1. The number of hydrogen-bond donors (Lipinski definition) is 0. The molecule has 0 aromatic carbocycles. The highest BCUT2D eigenvalue weighted by molar-refractivity contribution is 6.68. The fourth-order valence-corrected chi connectivity index (χ4v) is 1.31. The Hall–Kier alpha value is -0.900. The van der Waals surface area contributed by atoms with Crippen LogP contribution in [-0.4, -0.2) is 34.9 Å². The molecule has 12 heavy (non-hydrogen) atoms. The highest BCUT2D eigenvalue weighted by atomic mass is 35.5. The van der Waals surface area contributed by atoms with Crippen LogP contribution in [0.15, 0.2) is 0 Å². The number of amides is 1. The van der Waals surface area contributed by atoms with E-state index in [-0.39, 0.29) is 6.54 Å². The first kappa shape index (κ1) is 9.19. The summed E-state index contributed by atoms with van der Waals surface area (Å²) in [6.07, 6.45) is 0. The van der Waals surface area contributed by atoms with E-state index in [4.69, 9.17) is 11.6 Å². The summed E-state index contributed by atoms with van der Waals surface area (Å²) in [6, 6.07) is 0. The third-order valence-electron chi connectivity index (χ3n) is 1.87. The Kier molecular flexibility index (Phi) is 2.47. The van der Waals surface area contributed by atoms with Gasteiger partial charge in [-0.2, -0.15) is 0 Å². The minimum atomic E-state index is -0.945. The lowest BCUT2D eigenvalue weighted by Crippen LogP contribution is -2.26. The second-order valence-electron chi connectivity index (χ2n) is 2.56. The minimum Gasteiger partial charge on any atom is -0.335 e. The summed E-state index contributed by atoms with van der Waals surface area (Å²) < 4.78 is 0. The average molecular weight is 190 g/mol. The van der Waals surface area contributed by atoms with Gasteiger partial charge in [0.15, 0.2) is 0 Å². The highest BCUT2D eigenvalue weighted by Gasteiger charge is 2.41. The SMILES string of the molecule is CCN1CC(C(=O)Cl)C(=O)C1=O. The molecule has 66 valence electrons. The first-order valence-corrected chi connectivity index (χ1v) is 3.98. The molecule has 1 atom stereocenters. The van der Waals surface area contributed by atoms with Gasteiger partial charge in [-0.1, -0.05) is 0 Å². The number of ketones is 1. The normalized spacial score (nSPS) is 23.5. The van der Waals surface area contributed by atoms with Crippen molar-refractivity contribution in [2.75, 3.05) is 13.1 Å². The molecule has 1 aliphatic rings. The molecule has 1 amide bonds. The summed E-state index contributed by atoms with van der Waals surface area (Å²) in [5.41, 5.74) is 0. The Morgan fingerprint density at radius 2 is 2.25 bits per heavy atom. The van der Waals surface area contributed by atoms with E-state index in [1.165, 1.54) is 4.90 Å². The predicted molar refractivity (Wildman–Crippen MR) is 41.6 cm³/mol. The van der Waals surface area contributed by atoms with Crippen molar-refractivity contribution in [3.63, 3.8) is 0 Å². The fourth-order valence-electron chi connectivity index (χ4n) is 1.14. The molecule has 0 bridgehead atoms. The van der Waals surface area contributed by atoms with Crippen LogP contribution in [0.4, 0.5) is 0 Å². The van der Waals surface area contributed by atoms with Crippen molar-refractivity contribution in [1.82, 2.24) is 4.90 Å². The van der Waals surface area contributed by atoms with Crippen molar-refractivity contribution in [1.29, 1.82) is 0 Å². The van der Waals surface area contributed by atoms with Gasteiger partial charge in [-0.05, 0) is 18.5 Å². The lowest BCUT2D eigenvalue weighted by atomic mass is 10.1. The minimum absolute atomic E-state index is 0.135. The standard InChI is InChI=1S/C7H8ClNO3/c1-2-9-3-4(6(8)11)5(10)7(9)12/h4H,2-3H2,1H3. The van der Waals surface area contributed by atoms with Gasteiger partial charge in [0.2, 0.25) is 11.0 Å². The van der Waals surface area contributed by atoms with Crippen LogP contribution in [0.1, 0.15) is 6.92 Å². The number of likely N-dealkylation sites (tertiary alicyclic amines) is 1. The van der Waals surface area contributed by atoms with Gasteiger partial charge in [0.05, 0.1) is 0 Å². The number of carbonyl (C=O) groups excluding carboxylic acids is 3. The van der Waals surface area contributed by atoms with Crippen LogP contribution in [0.5, 0.6) is 0 Å². The Morgan fingerprint density at radius 1 is 1.67 bits per heavy atom. The van der Waals surface area contributed by atoms with Gasteiger partial charge < -0.3 is 4.90 Å². The van der Waals surface area contributed by atoms with Gasteiger partial charge >= 0.3 is 0 Å². The first-order chi connectivity index (χ1) is 5.57. The van der Waals surface area contributed by atoms with E-state index in [0.29, 0.717) is 6.54 Å². The van der Waals surface area contributed by atoms with Crippen LogP contribution in [0.25, 0.3) is 0 Å². The van der Waals surface area contributed by atoms with Gasteiger partial charge in [0, 0.05) is 13.1 Å². The molecule has 1 aliphatic heterocycles. The quantitative estimate of drug-likeness (QED) is 0.344. The van der Waals surface area contributed by atoms with Gasteiger partial charge in [-0.15, -0.1) is 0 Å². The highest BCUT2D eigenvalue weighted by Crippen LogP contribution is 2.16. The van der Waals surface area contributed by atoms with Crippen LogP contribution in [0, 0.1) is 5.92 Å². The second kappa shape index (κ2) is 3.23. The van der Waals surface area contributed by atoms with Crippen molar-refractivity contribution in [3.8, 4) is 0 Å². The van der Waals surface area contributed by atoms with E-state index >= 15 is 0 Å². The molecule has 1 heterocycles. The van der Waals surface area contributed by atoms with Gasteiger partial charge in [0.1, 0.15) is 5.92 Å². The van der Waals surface area contributed by atoms with E-state index in [1.807, 2.05) is 0 Å². The van der Waals surface area contributed by atoms with E-state index in [2.05, 4.69) is 0 Å². The van der Waals surface area contributed by atoms with Crippen LogP contribution < -0.4 is 0 Å². The lowest BCUT2D eigenvalue weighted by molar-refractivity contribution is -0.141. The van der Waals surface area contributed by atoms with Gasteiger partial charge in [0.25, 0.3) is 5.91 Å². The van der Waals surface area contributed by atoms with Gasteiger partial charge in [-0.25, -0.2) is 0 Å².